The molecule has 1 aromatic carbocycles. The first-order valence-corrected chi connectivity index (χ1v) is 8.08. The highest BCUT2D eigenvalue weighted by molar-refractivity contribution is 5.98. The van der Waals surface area contributed by atoms with Gasteiger partial charge in [0.05, 0.1) is 30.7 Å². The maximum atomic E-state index is 11.7. The lowest BCUT2D eigenvalue weighted by Crippen LogP contribution is -2.33. The molecule has 0 aliphatic carbocycles. The van der Waals surface area contributed by atoms with E-state index in [1.54, 1.807) is 24.5 Å². The topological polar surface area (TPSA) is 170 Å². The van der Waals surface area contributed by atoms with Crippen molar-refractivity contribution in [3.05, 3.63) is 48.4 Å². The average molecular weight is 369 g/mol. The van der Waals surface area contributed by atoms with E-state index in [1.807, 2.05) is 12.1 Å². The van der Waals surface area contributed by atoms with Crippen LogP contribution in [0.3, 0.4) is 0 Å². The van der Waals surface area contributed by atoms with Crippen LogP contribution in [-0.4, -0.2) is 55.2 Å². The Morgan fingerprint density at radius 3 is 2.74 bits per heavy atom. The van der Waals surface area contributed by atoms with Crippen LogP contribution in [0.5, 0.6) is 0 Å². The smallest absolute Gasteiger partial charge is 0.254 e. The molecule has 3 aromatic rings. The minimum Gasteiger partial charge on any atom is -0.394 e. The Morgan fingerprint density at radius 2 is 2.07 bits per heavy atom. The Balaban J connectivity index is 1.90. The number of aliphatic hydroxyl groups is 1. The van der Waals surface area contributed by atoms with Crippen molar-refractivity contribution in [3.8, 4) is 5.69 Å². The molecule has 27 heavy (non-hydrogen) atoms. The third-order valence-corrected chi connectivity index (χ3v) is 3.65. The predicted octanol–water partition coefficient (Wildman–Crippen LogP) is -0.369. The van der Waals surface area contributed by atoms with Crippen LogP contribution in [0.2, 0.25) is 0 Å². The van der Waals surface area contributed by atoms with Crippen LogP contribution < -0.4 is 22.1 Å². The van der Waals surface area contributed by atoms with E-state index >= 15 is 0 Å². The number of benzene rings is 1. The fraction of sp³-hybridized carbons (Fsp3) is 0.188. The Morgan fingerprint density at radius 1 is 1.30 bits per heavy atom. The number of nitrogens with two attached hydrogens (primary N) is 2. The number of anilines is 3. The van der Waals surface area contributed by atoms with Crippen molar-refractivity contribution in [3.63, 3.8) is 0 Å². The number of hydrogen-bond acceptors (Lipinski definition) is 9. The zero-order chi connectivity index (χ0) is 19.2. The molecule has 3 rings (SSSR count). The highest BCUT2D eigenvalue weighted by atomic mass is 16.3. The second kappa shape index (κ2) is 8.21. The highest BCUT2D eigenvalue weighted by Gasteiger charge is 2.14. The summed E-state index contributed by atoms with van der Waals surface area (Å²) in [6.45, 7) is 0.0121. The van der Waals surface area contributed by atoms with Gasteiger partial charge in [-0.3, -0.25) is 4.79 Å². The summed E-state index contributed by atoms with van der Waals surface area (Å²) in [5, 5.41) is 23.4. The summed E-state index contributed by atoms with van der Waals surface area (Å²) < 4.78 is 0. The van der Waals surface area contributed by atoms with Gasteiger partial charge < -0.3 is 27.2 Å². The van der Waals surface area contributed by atoms with Crippen LogP contribution >= 0.6 is 0 Å². The van der Waals surface area contributed by atoms with Crippen molar-refractivity contribution in [1.29, 1.82) is 0 Å². The van der Waals surface area contributed by atoms with E-state index in [0.29, 0.717) is 5.69 Å². The van der Waals surface area contributed by atoms with Gasteiger partial charge in [-0.2, -0.15) is 20.0 Å². The highest BCUT2D eigenvalue weighted by Crippen LogP contribution is 2.21. The van der Waals surface area contributed by atoms with Crippen molar-refractivity contribution in [1.82, 2.24) is 25.0 Å². The summed E-state index contributed by atoms with van der Waals surface area (Å²) >= 11 is 0. The molecule has 1 amide bonds. The van der Waals surface area contributed by atoms with Gasteiger partial charge >= 0.3 is 0 Å². The number of carbonyl (C=O) groups is 1. The lowest BCUT2D eigenvalue weighted by molar-refractivity contribution is 0.100. The number of hydrogen-bond donors (Lipinski definition) is 5. The van der Waals surface area contributed by atoms with E-state index in [4.69, 9.17) is 11.5 Å². The summed E-state index contributed by atoms with van der Waals surface area (Å²) in [4.78, 5) is 21.5. The van der Waals surface area contributed by atoms with Gasteiger partial charge in [-0.25, -0.2) is 4.98 Å². The van der Waals surface area contributed by atoms with Gasteiger partial charge in [0.15, 0.2) is 0 Å². The van der Waals surface area contributed by atoms with Gasteiger partial charge in [0.1, 0.15) is 11.4 Å². The summed E-state index contributed by atoms with van der Waals surface area (Å²) in [6, 6.07) is 6.81. The van der Waals surface area contributed by atoms with Gasteiger partial charge in [-0.1, -0.05) is 6.07 Å². The molecule has 0 saturated carbocycles. The molecule has 0 radical (unpaired) electrons. The third-order valence-electron chi connectivity index (χ3n) is 3.65. The maximum absolute atomic E-state index is 11.7. The van der Waals surface area contributed by atoms with E-state index in [0.717, 1.165) is 5.69 Å². The second-order valence-corrected chi connectivity index (χ2v) is 5.57. The first kappa shape index (κ1) is 18.2. The number of aliphatic hydroxyl groups excluding tert-OH is 1. The van der Waals surface area contributed by atoms with Crippen molar-refractivity contribution in [2.75, 3.05) is 23.8 Å². The summed E-state index contributed by atoms with van der Waals surface area (Å²) in [5.41, 5.74) is 12.5. The van der Waals surface area contributed by atoms with Gasteiger partial charge in [-0.15, -0.1) is 0 Å². The van der Waals surface area contributed by atoms with Gasteiger partial charge in [0.25, 0.3) is 5.91 Å². The lowest BCUT2D eigenvalue weighted by Gasteiger charge is -2.16. The Bertz CT molecular complexity index is 910. The van der Waals surface area contributed by atoms with E-state index in [2.05, 4.69) is 30.8 Å². The molecule has 11 heteroatoms. The number of aromatic nitrogens is 5. The SMILES string of the molecule is NC[C@@H](CO)Nc1ncc(C(N)=O)c(Nc2cccc(-n3nccn3)c2)n1. The van der Waals surface area contributed by atoms with Gasteiger partial charge in [0, 0.05) is 18.4 Å². The zero-order valence-corrected chi connectivity index (χ0v) is 14.3. The largest absolute Gasteiger partial charge is 0.394 e. The minimum absolute atomic E-state index is 0.122. The zero-order valence-electron chi connectivity index (χ0n) is 14.3. The van der Waals surface area contributed by atoms with Crippen molar-refractivity contribution >= 4 is 23.4 Å². The molecular weight excluding hydrogens is 350 g/mol. The van der Waals surface area contributed by atoms with Gasteiger partial charge in [0.2, 0.25) is 5.95 Å². The molecule has 11 nitrogen and oxygen atoms in total. The maximum Gasteiger partial charge on any atom is 0.254 e. The monoisotopic (exact) mass is 369 g/mol. The number of carbonyl (C=O) groups excluding carboxylic acids is 1. The Kier molecular flexibility index (Phi) is 5.54. The summed E-state index contributed by atoms with van der Waals surface area (Å²) in [5.74, 6) is -0.248. The Labute approximate surface area is 154 Å². The molecule has 7 N–H and O–H groups in total. The van der Waals surface area contributed by atoms with Gasteiger partial charge in [-0.05, 0) is 18.2 Å². The van der Waals surface area contributed by atoms with E-state index in [-0.39, 0.29) is 30.5 Å². The van der Waals surface area contributed by atoms with E-state index < -0.39 is 11.9 Å². The summed E-state index contributed by atoms with van der Waals surface area (Å²) in [7, 11) is 0. The van der Waals surface area contributed by atoms with E-state index in [1.165, 1.54) is 11.0 Å². The van der Waals surface area contributed by atoms with Crippen LogP contribution in [0.25, 0.3) is 5.69 Å². The molecule has 140 valence electrons. The Hall–Kier alpha value is -3.57. The molecule has 0 fully saturated rings. The second-order valence-electron chi connectivity index (χ2n) is 5.57. The van der Waals surface area contributed by atoms with Crippen molar-refractivity contribution in [2.24, 2.45) is 11.5 Å². The first-order valence-electron chi connectivity index (χ1n) is 8.08. The normalized spacial score (nSPS) is 11.8. The van der Waals surface area contributed by atoms with Crippen LogP contribution in [0, 0.1) is 0 Å². The lowest BCUT2D eigenvalue weighted by atomic mass is 10.2. The quantitative estimate of drug-likeness (QED) is 0.355. The molecule has 2 aromatic heterocycles. The standard InChI is InChI=1S/C16H19N9O2/c17-7-11(9-26)23-16-19-8-13(14(18)27)15(24-16)22-10-2-1-3-12(6-10)25-20-4-5-21-25/h1-6,8,11,26H,7,9,17H2,(H2,18,27)(H2,19,22,23,24)/t11-/m0/s1. The van der Waals surface area contributed by atoms with Crippen LogP contribution in [0.4, 0.5) is 17.5 Å². The first-order chi connectivity index (χ1) is 13.1. The molecule has 0 aliphatic rings. The molecule has 1 atom stereocenters. The van der Waals surface area contributed by atoms with E-state index in [9.17, 15) is 9.90 Å². The molecule has 0 spiro atoms. The molecule has 0 unspecified atom stereocenters. The predicted molar refractivity (Wildman–Crippen MR) is 98.7 cm³/mol. The molecule has 0 bridgehead atoms. The third kappa shape index (κ3) is 4.34. The average Bonchev–Trinajstić information content (AvgIpc) is 3.21. The number of rotatable bonds is 8. The molecule has 0 aliphatic heterocycles. The fourth-order valence-electron chi connectivity index (χ4n) is 2.28. The molecular formula is C16H19N9O2. The van der Waals surface area contributed by atoms with Crippen LogP contribution in [-0.2, 0) is 0 Å². The molecule has 0 saturated heterocycles. The summed E-state index contributed by atoms with van der Waals surface area (Å²) in [6.07, 6.45) is 4.45. The fourth-order valence-corrected chi connectivity index (χ4v) is 2.28. The number of nitrogens with one attached hydrogen (secondary N) is 2. The number of primary amides is 1. The van der Waals surface area contributed by atoms with Crippen LogP contribution in [0.15, 0.2) is 42.9 Å². The molecule has 2 heterocycles. The van der Waals surface area contributed by atoms with Crippen molar-refractivity contribution in [2.45, 2.75) is 6.04 Å². The number of amides is 1. The van der Waals surface area contributed by atoms with Crippen molar-refractivity contribution < 1.29 is 9.90 Å². The minimum atomic E-state index is -0.675. The van der Waals surface area contributed by atoms with Crippen LogP contribution in [0.1, 0.15) is 10.4 Å². The number of nitrogens with zero attached hydrogens (tertiary/aromatic N) is 5.